The highest BCUT2D eigenvalue weighted by atomic mass is 32.2. The molecular weight excluding hydrogens is 484 g/mol. The Balaban J connectivity index is 2.22. The van der Waals surface area contributed by atoms with Gasteiger partial charge in [-0.2, -0.15) is 0 Å². The van der Waals surface area contributed by atoms with Gasteiger partial charge in [-0.25, -0.2) is 13.2 Å². The number of esters is 2. The molecule has 10 nitrogen and oxygen atoms in total. The van der Waals surface area contributed by atoms with Crippen LogP contribution in [0.1, 0.15) is 16.8 Å². The summed E-state index contributed by atoms with van der Waals surface area (Å²) in [7, 11) is -3.75. The highest BCUT2D eigenvalue weighted by molar-refractivity contribution is 7.96. The Labute approximate surface area is 203 Å². The van der Waals surface area contributed by atoms with Gasteiger partial charge in [-0.1, -0.05) is 25.3 Å². The van der Waals surface area contributed by atoms with E-state index < -0.39 is 50.7 Å². The SMILES string of the molecule is C=CCOC(=O)c1ccc(S(C)(=O)=O)c(NC(=O)C2C[C@@H]([C@H](C(=O)S)C(=O)OCC=C)CN2)c1. The van der Waals surface area contributed by atoms with Crippen LogP contribution in [0, 0.1) is 11.8 Å². The maximum Gasteiger partial charge on any atom is 0.338 e. The minimum absolute atomic E-state index is 0.0347. The molecule has 1 aliphatic rings. The van der Waals surface area contributed by atoms with Crippen LogP contribution in [0.15, 0.2) is 48.4 Å². The number of thiol groups is 1. The molecule has 1 heterocycles. The third-order valence-electron chi connectivity index (χ3n) is 5.02. The number of carbonyl (C=O) groups is 4. The van der Waals surface area contributed by atoms with Crippen molar-refractivity contribution in [2.24, 2.45) is 11.8 Å². The number of nitrogens with one attached hydrogen (secondary N) is 2. The Morgan fingerprint density at radius 1 is 1.21 bits per heavy atom. The summed E-state index contributed by atoms with van der Waals surface area (Å²) < 4.78 is 34.3. The maximum atomic E-state index is 12.9. The van der Waals surface area contributed by atoms with Crippen LogP contribution in [-0.2, 0) is 33.7 Å². The number of carbonyl (C=O) groups excluding carboxylic acids is 4. The highest BCUT2D eigenvalue weighted by Crippen LogP contribution is 2.28. The zero-order valence-electron chi connectivity index (χ0n) is 18.5. The quantitative estimate of drug-likeness (QED) is 0.173. The van der Waals surface area contributed by atoms with Crippen molar-refractivity contribution in [1.29, 1.82) is 0 Å². The maximum absolute atomic E-state index is 12.9. The van der Waals surface area contributed by atoms with Gasteiger partial charge in [-0.05, 0) is 30.5 Å². The molecule has 0 bridgehead atoms. The third kappa shape index (κ3) is 7.02. The second-order valence-corrected chi connectivity index (χ2v) is 9.98. The summed E-state index contributed by atoms with van der Waals surface area (Å²) in [6.45, 7) is 6.94. The average Bonchev–Trinajstić information content (AvgIpc) is 3.24. The van der Waals surface area contributed by atoms with Crippen molar-refractivity contribution in [3.8, 4) is 0 Å². The number of ether oxygens (including phenoxy) is 2. The summed E-state index contributed by atoms with van der Waals surface area (Å²) in [6, 6.07) is 2.85. The van der Waals surface area contributed by atoms with Crippen LogP contribution in [0.25, 0.3) is 0 Å². The van der Waals surface area contributed by atoms with Gasteiger partial charge in [0.2, 0.25) is 5.91 Å². The lowest BCUT2D eigenvalue weighted by Crippen LogP contribution is -2.35. The summed E-state index contributed by atoms with van der Waals surface area (Å²) in [5.41, 5.74) is -0.0643. The lowest BCUT2D eigenvalue weighted by atomic mass is 9.90. The fourth-order valence-corrected chi connectivity index (χ4v) is 4.60. The number of benzene rings is 1. The molecule has 1 aliphatic heterocycles. The minimum atomic E-state index is -3.75. The predicted molar refractivity (Wildman–Crippen MR) is 127 cm³/mol. The lowest BCUT2D eigenvalue weighted by molar-refractivity contribution is -0.151. The van der Waals surface area contributed by atoms with Crippen LogP contribution < -0.4 is 10.6 Å². The fourth-order valence-electron chi connectivity index (χ4n) is 3.46. The zero-order valence-corrected chi connectivity index (χ0v) is 20.2. The van der Waals surface area contributed by atoms with Crippen molar-refractivity contribution in [2.75, 3.05) is 31.3 Å². The summed E-state index contributed by atoms with van der Waals surface area (Å²) >= 11 is 3.78. The summed E-state index contributed by atoms with van der Waals surface area (Å²) in [4.78, 5) is 49.0. The first-order valence-corrected chi connectivity index (χ1v) is 12.5. The predicted octanol–water partition coefficient (Wildman–Crippen LogP) is 1.15. The topological polar surface area (TPSA) is 145 Å². The van der Waals surface area contributed by atoms with E-state index in [2.05, 4.69) is 36.4 Å². The number of hydrogen-bond acceptors (Lipinski definition) is 9. The molecule has 0 aromatic heterocycles. The van der Waals surface area contributed by atoms with Crippen molar-refractivity contribution in [2.45, 2.75) is 17.4 Å². The van der Waals surface area contributed by atoms with E-state index in [1.165, 1.54) is 30.4 Å². The normalized spacial score (nSPS) is 18.4. The van der Waals surface area contributed by atoms with Crippen LogP contribution in [0.2, 0.25) is 0 Å². The molecule has 0 saturated carbocycles. The molecule has 34 heavy (non-hydrogen) atoms. The van der Waals surface area contributed by atoms with E-state index in [1.807, 2.05) is 0 Å². The summed E-state index contributed by atoms with van der Waals surface area (Å²) in [5, 5.41) is 4.75. The Morgan fingerprint density at radius 2 is 1.85 bits per heavy atom. The largest absolute Gasteiger partial charge is 0.461 e. The molecule has 2 rings (SSSR count). The van der Waals surface area contributed by atoms with E-state index in [-0.39, 0.29) is 42.3 Å². The molecular formula is C22H26N2O8S2. The smallest absolute Gasteiger partial charge is 0.338 e. The van der Waals surface area contributed by atoms with Crippen LogP contribution in [0.3, 0.4) is 0 Å². The van der Waals surface area contributed by atoms with Gasteiger partial charge in [0.1, 0.15) is 19.1 Å². The first kappa shape index (κ1) is 27.3. The number of anilines is 1. The van der Waals surface area contributed by atoms with Gasteiger partial charge in [-0.15, -0.1) is 12.6 Å². The molecule has 184 valence electrons. The molecule has 0 radical (unpaired) electrons. The molecule has 0 spiro atoms. The molecule has 12 heteroatoms. The van der Waals surface area contributed by atoms with Crippen molar-refractivity contribution in [3.63, 3.8) is 0 Å². The van der Waals surface area contributed by atoms with Crippen LogP contribution in [0.4, 0.5) is 5.69 Å². The van der Waals surface area contributed by atoms with Gasteiger partial charge in [-0.3, -0.25) is 14.4 Å². The third-order valence-corrected chi connectivity index (χ3v) is 6.45. The molecule has 2 N–H and O–H groups in total. The average molecular weight is 511 g/mol. The second kappa shape index (κ2) is 12.0. The number of amides is 1. The second-order valence-electron chi connectivity index (χ2n) is 7.55. The Kier molecular flexibility index (Phi) is 9.59. The van der Waals surface area contributed by atoms with Crippen molar-refractivity contribution >= 4 is 51.1 Å². The molecule has 1 amide bonds. The van der Waals surface area contributed by atoms with E-state index in [4.69, 9.17) is 9.47 Å². The Bertz CT molecular complexity index is 1100. The fraction of sp³-hybridized carbons (Fsp3) is 0.364. The van der Waals surface area contributed by atoms with Crippen molar-refractivity contribution < 1.29 is 37.1 Å². The standard InChI is InChI=1S/C22H26N2O8S2/c1-4-8-31-20(26)13-6-7-17(34(3,29)30)15(10-13)24-19(25)16-11-14(12-23-16)18(22(28)33)21(27)32-9-5-2/h4-7,10,14,16,18,23H,1-2,8-9,11-12H2,3H3,(H,24,25)(H,28,33)/t14-,16?,18+/m1/s1. The van der Waals surface area contributed by atoms with E-state index in [0.29, 0.717) is 0 Å². The van der Waals surface area contributed by atoms with E-state index in [0.717, 1.165) is 6.26 Å². The lowest BCUT2D eigenvalue weighted by Gasteiger charge is -2.18. The molecule has 1 aromatic rings. The van der Waals surface area contributed by atoms with E-state index in [9.17, 15) is 27.6 Å². The monoisotopic (exact) mass is 510 g/mol. The van der Waals surface area contributed by atoms with Crippen LogP contribution in [-0.4, -0.2) is 63.4 Å². The number of hydrogen-bond donors (Lipinski definition) is 3. The molecule has 0 aliphatic carbocycles. The first-order valence-electron chi connectivity index (χ1n) is 10.2. The molecule has 1 fully saturated rings. The molecule has 1 saturated heterocycles. The highest BCUT2D eigenvalue weighted by Gasteiger charge is 2.41. The van der Waals surface area contributed by atoms with Crippen LogP contribution >= 0.6 is 12.6 Å². The number of sulfone groups is 1. The van der Waals surface area contributed by atoms with Gasteiger partial charge in [0.15, 0.2) is 15.0 Å². The number of rotatable bonds is 11. The molecule has 1 aromatic carbocycles. The van der Waals surface area contributed by atoms with Crippen LogP contribution in [0.5, 0.6) is 0 Å². The zero-order chi connectivity index (χ0) is 25.5. The van der Waals surface area contributed by atoms with Gasteiger partial charge in [0, 0.05) is 12.8 Å². The van der Waals surface area contributed by atoms with Gasteiger partial charge in [0.05, 0.1) is 22.2 Å². The van der Waals surface area contributed by atoms with E-state index >= 15 is 0 Å². The Hall–Kier alpha value is -2.96. The van der Waals surface area contributed by atoms with Gasteiger partial charge in [0.25, 0.3) is 0 Å². The van der Waals surface area contributed by atoms with Gasteiger partial charge >= 0.3 is 11.9 Å². The molecule has 1 unspecified atom stereocenters. The van der Waals surface area contributed by atoms with Gasteiger partial charge < -0.3 is 20.1 Å². The first-order chi connectivity index (χ1) is 16.0. The molecule has 3 atom stereocenters. The summed E-state index contributed by atoms with van der Waals surface area (Å²) in [6.07, 6.45) is 3.81. The minimum Gasteiger partial charge on any atom is -0.461 e. The Morgan fingerprint density at radius 3 is 2.44 bits per heavy atom. The van der Waals surface area contributed by atoms with Crippen molar-refractivity contribution in [1.82, 2.24) is 5.32 Å². The summed E-state index contributed by atoms with van der Waals surface area (Å²) in [5.74, 6) is -3.83. The van der Waals surface area contributed by atoms with Crippen molar-refractivity contribution in [3.05, 3.63) is 49.1 Å². The van der Waals surface area contributed by atoms with E-state index in [1.54, 1.807) is 0 Å².